The summed E-state index contributed by atoms with van der Waals surface area (Å²) in [6.07, 6.45) is 0. The lowest BCUT2D eigenvalue weighted by molar-refractivity contribution is -0.132. The van der Waals surface area contributed by atoms with E-state index in [2.05, 4.69) is 46.1 Å². The smallest absolute Gasteiger partial charge is 0.338 e. The summed E-state index contributed by atoms with van der Waals surface area (Å²) < 4.78 is 52.9. The van der Waals surface area contributed by atoms with Crippen LogP contribution < -0.4 is 33.2 Å². The van der Waals surface area contributed by atoms with E-state index in [-0.39, 0.29) is 56.4 Å². The molecule has 0 aliphatic rings. The topological polar surface area (TPSA) is 184 Å². The molecule has 79 heavy (non-hydrogen) atoms. The first-order valence-corrected chi connectivity index (χ1v) is 23.8. The summed E-state index contributed by atoms with van der Waals surface area (Å²) in [6, 6.07) is 32.2. The van der Waals surface area contributed by atoms with E-state index >= 15 is 4.39 Å². The number of benzene rings is 6. The van der Waals surface area contributed by atoms with Crippen molar-refractivity contribution in [1.29, 1.82) is 0 Å². The van der Waals surface area contributed by atoms with E-state index in [0.29, 0.717) is 50.6 Å². The standard InChI is InChI=1S/C34H29FO8.C30H26O6/c1-18(2)31(36)40-27-13-10-23(16-29(27)42-33(38)20(5)6)22-9-12-25(26(35)15-22)24-11-14-28(41-32(37)19(3)4)30(17-24)43-34(39)21(7)8;1-18(2)28(31)34-24-12-7-21(8-13-24)23-11-16-26(27(17-23)36-30(33)20(5)6)22-9-14-25(15-10-22)35-29(32)19(3)4/h9-17H,1,3,5,7H2,2,4,6,8H3;7-17H,1,3,5H2,2,4,6H3. The molecule has 0 aromatic heterocycles. The Labute approximate surface area is 456 Å². The number of carbonyl (C=O) groups excluding carboxylic acids is 7. The molecule has 0 N–H and O–H groups in total. The fourth-order valence-electron chi connectivity index (χ4n) is 6.39. The van der Waals surface area contributed by atoms with Crippen molar-refractivity contribution in [2.75, 3.05) is 0 Å². The van der Waals surface area contributed by atoms with Crippen LogP contribution in [-0.4, -0.2) is 41.8 Å². The number of ether oxygens (including phenoxy) is 7. The van der Waals surface area contributed by atoms with Gasteiger partial charge < -0.3 is 33.2 Å². The highest BCUT2D eigenvalue weighted by Gasteiger charge is 2.21. The van der Waals surface area contributed by atoms with Crippen LogP contribution in [0.4, 0.5) is 4.39 Å². The van der Waals surface area contributed by atoms with Gasteiger partial charge in [-0.3, -0.25) is 0 Å². The lowest BCUT2D eigenvalue weighted by Crippen LogP contribution is -2.13. The molecule has 0 fully saturated rings. The summed E-state index contributed by atoms with van der Waals surface area (Å²) in [4.78, 5) is 84.5. The number of halogens is 1. The van der Waals surface area contributed by atoms with Crippen LogP contribution in [0.5, 0.6) is 40.2 Å². The lowest BCUT2D eigenvalue weighted by Gasteiger charge is -2.14. The summed E-state index contributed by atoms with van der Waals surface area (Å²) in [7, 11) is 0. The van der Waals surface area contributed by atoms with E-state index in [1.807, 2.05) is 12.1 Å². The third kappa shape index (κ3) is 16.4. The Balaban J connectivity index is 0.000000295. The molecule has 0 aliphatic carbocycles. The predicted molar refractivity (Wildman–Crippen MR) is 298 cm³/mol. The molecule has 0 radical (unpaired) electrons. The molecule has 14 nitrogen and oxygen atoms in total. The second kappa shape index (κ2) is 26.5. The Hall–Kier alpha value is -10.3. The van der Waals surface area contributed by atoms with Gasteiger partial charge in [0.25, 0.3) is 0 Å². The van der Waals surface area contributed by atoms with Gasteiger partial charge in [0, 0.05) is 50.1 Å². The highest BCUT2D eigenvalue weighted by molar-refractivity contribution is 5.94. The molecule has 0 spiro atoms. The zero-order valence-electron chi connectivity index (χ0n) is 44.6. The monoisotopic (exact) mass is 1070 g/mol. The zero-order chi connectivity index (χ0) is 58.4. The predicted octanol–water partition coefficient (Wildman–Crippen LogP) is 13.6. The molecule has 0 unspecified atom stereocenters. The first-order chi connectivity index (χ1) is 37.2. The van der Waals surface area contributed by atoms with Gasteiger partial charge in [-0.1, -0.05) is 107 Å². The second-order valence-corrected chi connectivity index (χ2v) is 18.0. The molecule has 0 amide bonds. The summed E-state index contributed by atoms with van der Waals surface area (Å²) in [5.41, 5.74) is 5.70. The molecule has 0 heterocycles. The molecule has 0 saturated heterocycles. The van der Waals surface area contributed by atoms with Crippen LogP contribution in [0.15, 0.2) is 206 Å². The van der Waals surface area contributed by atoms with Crippen LogP contribution in [0.1, 0.15) is 48.5 Å². The maximum Gasteiger partial charge on any atom is 0.338 e. The van der Waals surface area contributed by atoms with Crippen molar-refractivity contribution in [2.45, 2.75) is 48.5 Å². The number of rotatable bonds is 18. The molecule has 6 aromatic rings. The number of esters is 7. The quantitative estimate of drug-likeness (QED) is 0.0450. The van der Waals surface area contributed by atoms with Crippen LogP contribution in [0.2, 0.25) is 0 Å². The number of hydrogen-bond acceptors (Lipinski definition) is 14. The average molecular weight is 1070 g/mol. The van der Waals surface area contributed by atoms with E-state index in [0.717, 1.165) is 16.7 Å². The number of carbonyl (C=O) groups is 7. The van der Waals surface area contributed by atoms with Crippen molar-refractivity contribution < 1.29 is 71.1 Å². The normalized spacial score (nSPS) is 10.2. The molecule has 6 rings (SSSR count). The minimum atomic E-state index is -0.763. The van der Waals surface area contributed by atoms with E-state index in [1.165, 1.54) is 70.2 Å². The van der Waals surface area contributed by atoms with Crippen molar-refractivity contribution in [3.63, 3.8) is 0 Å². The van der Waals surface area contributed by atoms with E-state index in [9.17, 15) is 33.6 Å². The van der Waals surface area contributed by atoms with E-state index in [4.69, 9.17) is 33.2 Å². The molecular weight excluding hydrogens is 1010 g/mol. The van der Waals surface area contributed by atoms with Gasteiger partial charge in [-0.15, -0.1) is 0 Å². The largest absolute Gasteiger partial charge is 0.423 e. The highest BCUT2D eigenvalue weighted by Crippen LogP contribution is 2.39. The van der Waals surface area contributed by atoms with Crippen LogP contribution in [0, 0.1) is 5.82 Å². The Morgan fingerprint density at radius 3 is 0.937 bits per heavy atom. The van der Waals surface area contributed by atoms with Gasteiger partial charge in [0.15, 0.2) is 23.0 Å². The molecule has 6 aromatic carbocycles. The zero-order valence-corrected chi connectivity index (χ0v) is 44.6. The maximum atomic E-state index is 15.5. The van der Waals surface area contributed by atoms with Crippen LogP contribution in [-0.2, 0) is 33.6 Å². The van der Waals surface area contributed by atoms with Crippen molar-refractivity contribution in [3.05, 3.63) is 212 Å². The van der Waals surface area contributed by atoms with E-state index in [1.54, 1.807) is 87.5 Å². The van der Waals surface area contributed by atoms with Crippen molar-refractivity contribution in [1.82, 2.24) is 0 Å². The van der Waals surface area contributed by atoms with Crippen LogP contribution >= 0.6 is 0 Å². The summed E-state index contributed by atoms with van der Waals surface area (Å²) >= 11 is 0. The molecule has 0 bridgehead atoms. The number of hydrogen-bond donors (Lipinski definition) is 0. The average Bonchev–Trinajstić information content (AvgIpc) is 3.49. The van der Waals surface area contributed by atoms with Gasteiger partial charge in [0.2, 0.25) is 0 Å². The summed E-state index contributed by atoms with van der Waals surface area (Å²) in [6.45, 7) is 35.5. The Kier molecular flexibility index (Phi) is 20.0. The van der Waals surface area contributed by atoms with Gasteiger partial charge in [-0.05, 0) is 143 Å². The Bertz CT molecular complexity index is 3540. The van der Waals surface area contributed by atoms with E-state index < -0.39 is 47.6 Å². The SMILES string of the molecule is C=C(C)C(=O)Oc1ccc(-c2ccc(-c3ccc(OC(=O)C(=C)C)c(OC(=O)C(=C)C)c3)c(F)c2)cc1OC(=O)C(=C)C.C=C(C)C(=O)Oc1ccc(-c2ccc(-c3ccc(OC(=O)C(=C)C)cc3)c(OC(=O)C(=C)C)c2)cc1. The van der Waals surface area contributed by atoms with Crippen molar-refractivity contribution in [3.8, 4) is 84.8 Å². The van der Waals surface area contributed by atoms with Crippen molar-refractivity contribution in [2.24, 2.45) is 0 Å². The minimum absolute atomic E-state index is 0.0345. The lowest BCUT2D eigenvalue weighted by atomic mass is 9.99. The van der Waals surface area contributed by atoms with Gasteiger partial charge >= 0.3 is 41.8 Å². The fraction of sp³-hybridized carbons (Fsp3) is 0.109. The molecule has 402 valence electrons. The summed E-state index contributed by atoms with van der Waals surface area (Å²) in [5, 5.41) is 0. The maximum absolute atomic E-state index is 15.5. The van der Waals surface area contributed by atoms with Gasteiger partial charge in [-0.25, -0.2) is 38.0 Å². The molecule has 0 saturated carbocycles. The molecular formula is C64H55FO14. The first-order valence-electron chi connectivity index (χ1n) is 23.8. The van der Waals surface area contributed by atoms with Gasteiger partial charge in [-0.2, -0.15) is 0 Å². The third-order valence-electron chi connectivity index (χ3n) is 10.7. The minimum Gasteiger partial charge on any atom is -0.423 e. The van der Waals surface area contributed by atoms with Crippen molar-refractivity contribution >= 4 is 41.8 Å². The Morgan fingerprint density at radius 2 is 0.544 bits per heavy atom. The highest BCUT2D eigenvalue weighted by atomic mass is 19.1. The van der Waals surface area contributed by atoms with Gasteiger partial charge in [0.05, 0.1) is 0 Å². The second-order valence-electron chi connectivity index (χ2n) is 18.0. The van der Waals surface area contributed by atoms with Crippen LogP contribution in [0.25, 0.3) is 44.5 Å². The summed E-state index contributed by atoms with van der Waals surface area (Å²) in [5.74, 6) is -4.35. The molecule has 0 aliphatic heterocycles. The fourth-order valence-corrected chi connectivity index (χ4v) is 6.39. The third-order valence-corrected chi connectivity index (χ3v) is 10.7. The van der Waals surface area contributed by atoms with Gasteiger partial charge in [0.1, 0.15) is 23.1 Å². The van der Waals surface area contributed by atoms with Crippen LogP contribution in [0.3, 0.4) is 0 Å². The first kappa shape index (κ1) is 59.6. The molecule has 0 atom stereocenters. The molecule has 15 heteroatoms. The Morgan fingerprint density at radius 1 is 0.278 bits per heavy atom.